The Bertz CT molecular complexity index is 362. The highest BCUT2D eigenvalue weighted by atomic mass is 16.6. The van der Waals surface area contributed by atoms with Gasteiger partial charge < -0.3 is 14.4 Å². The van der Waals surface area contributed by atoms with E-state index in [1.807, 2.05) is 13.8 Å². The number of nitrogens with zero attached hydrogens (tertiary/aromatic N) is 1. The zero-order chi connectivity index (χ0) is 17.8. The van der Waals surface area contributed by atoms with E-state index in [9.17, 15) is 9.59 Å². The quantitative estimate of drug-likeness (QED) is 0.437. The van der Waals surface area contributed by atoms with Gasteiger partial charge in [0.1, 0.15) is 0 Å². The Morgan fingerprint density at radius 3 is 2.25 bits per heavy atom. The third kappa shape index (κ3) is 8.55. The van der Waals surface area contributed by atoms with Crippen molar-refractivity contribution in [1.29, 1.82) is 0 Å². The molecule has 5 heteroatoms. The molecule has 140 valence electrons. The fourth-order valence-corrected chi connectivity index (χ4v) is 2.80. The summed E-state index contributed by atoms with van der Waals surface area (Å²) in [5.74, 6) is 0.168. The summed E-state index contributed by atoms with van der Waals surface area (Å²) in [5, 5.41) is 0. The lowest BCUT2D eigenvalue weighted by molar-refractivity contribution is -0.150. The molecule has 0 aromatic rings. The number of carbonyl (C=O) groups excluding carboxylic acids is 2. The SMILES string of the molecule is CCCCCCCCOC(=O)C1CCN(C(=O)OCC(C)C)CC1. The maximum atomic E-state index is 12.1. The van der Waals surface area contributed by atoms with Gasteiger partial charge in [0.05, 0.1) is 19.1 Å². The minimum absolute atomic E-state index is 0.0701. The number of likely N-dealkylation sites (tertiary alicyclic amines) is 1. The van der Waals surface area contributed by atoms with E-state index in [0.717, 1.165) is 12.8 Å². The van der Waals surface area contributed by atoms with Crippen molar-refractivity contribution in [2.75, 3.05) is 26.3 Å². The summed E-state index contributed by atoms with van der Waals surface area (Å²) in [4.78, 5) is 25.6. The smallest absolute Gasteiger partial charge is 0.409 e. The van der Waals surface area contributed by atoms with E-state index in [1.165, 1.54) is 25.7 Å². The van der Waals surface area contributed by atoms with E-state index in [1.54, 1.807) is 4.90 Å². The summed E-state index contributed by atoms with van der Waals surface area (Å²) >= 11 is 0. The summed E-state index contributed by atoms with van der Waals surface area (Å²) < 4.78 is 10.6. The molecular weight excluding hydrogens is 306 g/mol. The second kappa shape index (κ2) is 12.2. The van der Waals surface area contributed by atoms with Gasteiger partial charge in [-0.15, -0.1) is 0 Å². The van der Waals surface area contributed by atoms with Gasteiger partial charge in [0, 0.05) is 13.1 Å². The molecule has 0 aromatic carbocycles. The summed E-state index contributed by atoms with van der Waals surface area (Å²) in [7, 11) is 0. The Kier molecular flexibility index (Phi) is 10.5. The van der Waals surface area contributed by atoms with Crippen LogP contribution in [0.5, 0.6) is 0 Å². The molecule has 0 aliphatic carbocycles. The van der Waals surface area contributed by atoms with E-state index in [0.29, 0.717) is 45.1 Å². The molecular formula is C19H35NO4. The van der Waals surface area contributed by atoms with E-state index in [2.05, 4.69) is 6.92 Å². The molecule has 1 saturated heterocycles. The zero-order valence-electron chi connectivity index (χ0n) is 15.7. The van der Waals surface area contributed by atoms with Crippen molar-refractivity contribution in [3.05, 3.63) is 0 Å². The Morgan fingerprint density at radius 1 is 1.00 bits per heavy atom. The highest BCUT2D eigenvalue weighted by Crippen LogP contribution is 2.19. The zero-order valence-corrected chi connectivity index (χ0v) is 15.7. The molecule has 0 unspecified atom stereocenters. The van der Waals surface area contributed by atoms with Crippen molar-refractivity contribution >= 4 is 12.1 Å². The molecule has 0 aromatic heterocycles. The first kappa shape index (κ1) is 20.8. The predicted octanol–water partition coefficient (Wildman–Crippen LogP) is 4.39. The van der Waals surface area contributed by atoms with Crippen molar-refractivity contribution in [1.82, 2.24) is 4.90 Å². The molecule has 1 heterocycles. The van der Waals surface area contributed by atoms with Crippen LogP contribution in [-0.2, 0) is 14.3 Å². The Balaban J connectivity index is 2.11. The molecule has 24 heavy (non-hydrogen) atoms. The maximum absolute atomic E-state index is 12.1. The molecule has 1 amide bonds. The van der Waals surface area contributed by atoms with Crippen LogP contribution in [0.3, 0.4) is 0 Å². The first-order chi connectivity index (χ1) is 11.5. The van der Waals surface area contributed by atoms with Crippen LogP contribution in [0.4, 0.5) is 4.79 Å². The Morgan fingerprint density at radius 2 is 1.62 bits per heavy atom. The summed E-state index contributed by atoms with van der Waals surface area (Å²) in [6.07, 6.45) is 8.21. The van der Waals surface area contributed by atoms with Crippen molar-refractivity contribution in [2.45, 2.75) is 72.1 Å². The van der Waals surface area contributed by atoms with Crippen LogP contribution in [0, 0.1) is 11.8 Å². The summed E-state index contributed by atoms with van der Waals surface area (Å²) in [6.45, 7) is 8.36. The second-order valence-electron chi connectivity index (χ2n) is 7.17. The van der Waals surface area contributed by atoms with Gasteiger partial charge in [0.15, 0.2) is 0 Å². The molecule has 1 aliphatic heterocycles. The molecule has 1 aliphatic rings. The molecule has 0 atom stereocenters. The molecule has 0 radical (unpaired) electrons. The number of esters is 1. The van der Waals surface area contributed by atoms with Crippen LogP contribution in [-0.4, -0.2) is 43.3 Å². The van der Waals surface area contributed by atoms with Crippen LogP contribution in [0.1, 0.15) is 72.1 Å². The van der Waals surface area contributed by atoms with Gasteiger partial charge in [-0.1, -0.05) is 52.9 Å². The first-order valence-corrected chi connectivity index (χ1v) is 9.63. The molecule has 0 N–H and O–H groups in total. The molecule has 1 rings (SSSR count). The second-order valence-corrected chi connectivity index (χ2v) is 7.17. The van der Waals surface area contributed by atoms with Gasteiger partial charge in [-0.3, -0.25) is 4.79 Å². The van der Waals surface area contributed by atoms with Gasteiger partial charge in [-0.25, -0.2) is 4.79 Å². The van der Waals surface area contributed by atoms with Crippen LogP contribution in [0.25, 0.3) is 0 Å². The normalized spacial score (nSPS) is 15.6. The molecule has 0 saturated carbocycles. The third-order valence-electron chi connectivity index (χ3n) is 4.37. The Labute approximate surface area is 147 Å². The molecule has 5 nitrogen and oxygen atoms in total. The number of hydrogen-bond acceptors (Lipinski definition) is 4. The van der Waals surface area contributed by atoms with E-state index in [-0.39, 0.29) is 18.0 Å². The number of rotatable bonds is 10. The minimum Gasteiger partial charge on any atom is -0.465 e. The number of piperidine rings is 1. The highest BCUT2D eigenvalue weighted by Gasteiger charge is 2.29. The summed E-state index contributed by atoms with van der Waals surface area (Å²) in [6, 6.07) is 0. The van der Waals surface area contributed by atoms with E-state index < -0.39 is 0 Å². The van der Waals surface area contributed by atoms with E-state index in [4.69, 9.17) is 9.47 Å². The van der Waals surface area contributed by atoms with Crippen molar-refractivity contribution < 1.29 is 19.1 Å². The average molecular weight is 341 g/mol. The van der Waals surface area contributed by atoms with Crippen molar-refractivity contribution in [3.8, 4) is 0 Å². The van der Waals surface area contributed by atoms with Crippen LogP contribution < -0.4 is 0 Å². The number of amides is 1. The lowest BCUT2D eigenvalue weighted by atomic mass is 9.97. The Hall–Kier alpha value is -1.26. The fraction of sp³-hybridized carbons (Fsp3) is 0.895. The maximum Gasteiger partial charge on any atom is 0.409 e. The average Bonchev–Trinajstić information content (AvgIpc) is 2.58. The minimum atomic E-state index is -0.261. The highest BCUT2D eigenvalue weighted by molar-refractivity contribution is 5.73. The predicted molar refractivity (Wildman–Crippen MR) is 94.8 cm³/mol. The van der Waals surface area contributed by atoms with Gasteiger partial charge in [0.2, 0.25) is 0 Å². The topological polar surface area (TPSA) is 55.8 Å². The van der Waals surface area contributed by atoms with Gasteiger partial charge >= 0.3 is 12.1 Å². The number of ether oxygens (including phenoxy) is 2. The fourth-order valence-electron chi connectivity index (χ4n) is 2.80. The number of unbranched alkanes of at least 4 members (excludes halogenated alkanes) is 5. The molecule has 0 bridgehead atoms. The standard InChI is InChI=1S/C19H35NO4/c1-4-5-6-7-8-9-14-23-18(21)17-10-12-20(13-11-17)19(22)24-15-16(2)3/h16-17H,4-15H2,1-3H3. The van der Waals surface area contributed by atoms with Gasteiger partial charge in [0.25, 0.3) is 0 Å². The third-order valence-corrected chi connectivity index (χ3v) is 4.37. The number of hydrogen-bond donors (Lipinski definition) is 0. The lowest BCUT2D eigenvalue weighted by Gasteiger charge is -2.30. The van der Waals surface area contributed by atoms with Crippen LogP contribution in [0.2, 0.25) is 0 Å². The van der Waals surface area contributed by atoms with Crippen LogP contribution in [0.15, 0.2) is 0 Å². The van der Waals surface area contributed by atoms with Gasteiger partial charge in [-0.2, -0.15) is 0 Å². The largest absolute Gasteiger partial charge is 0.465 e. The van der Waals surface area contributed by atoms with Gasteiger partial charge in [-0.05, 0) is 25.2 Å². The molecule has 0 spiro atoms. The summed E-state index contributed by atoms with van der Waals surface area (Å²) in [5.41, 5.74) is 0. The number of carbonyl (C=O) groups is 2. The first-order valence-electron chi connectivity index (χ1n) is 9.63. The molecule has 1 fully saturated rings. The monoisotopic (exact) mass is 341 g/mol. The van der Waals surface area contributed by atoms with E-state index >= 15 is 0 Å². The van der Waals surface area contributed by atoms with Crippen molar-refractivity contribution in [3.63, 3.8) is 0 Å². The lowest BCUT2D eigenvalue weighted by Crippen LogP contribution is -2.41. The van der Waals surface area contributed by atoms with Crippen LogP contribution >= 0.6 is 0 Å². The van der Waals surface area contributed by atoms with Crippen molar-refractivity contribution in [2.24, 2.45) is 11.8 Å².